The molecule has 198 valence electrons. The third-order valence-electron chi connectivity index (χ3n) is 5.29. The van der Waals surface area contributed by atoms with Crippen molar-refractivity contribution >= 4 is 56.8 Å². The number of benzene rings is 3. The number of rotatable bonds is 10. The number of aryl methyl sites for hydroxylation is 1. The van der Waals surface area contributed by atoms with E-state index in [1.165, 1.54) is 23.5 Å². The third-order valence-corrected chi connectivity index (χ3v) is 9.20. The van der Waals surface area contributed by atoms with Gasteiger partial charge in [0.25, 0.3) is 0 Å². The van der Waals surface area contributed by atoms with E-state index in [-0.39, 0.29) is 0 Å². The Morgan fingerprint density at radius 2 is 1.66 bits per heavy atom. The van der Waals surface area contributed by atoms with E-state index in [0.717, 1.165) is 42.5 Å². The lowest BCUT2D eigenvalue weighted by atomic mass is 10.1. The van der Waals surface area contributed by atoms with E-state index in [1.54, 1.807) is 29.6 Å². The largest absolute Gasteiger partial charge is 0.482 e. The van der Waals surface area contributed by atoms with Crippen molar-refractivity contribution in [3.8, 4) is 16.3 Å². The summed E-state index contributed by atoms with van der Waals surface area (Å²) in [4.78, 5) is 18.7. The van der Waals surface area contributed by atoms with Crippen LogP contribution in [0.4, 0.5) is 13.2 Å². The monoisotopic (exact) mass is 639 g/mol. The fourth-order valence-electron chi connectivity index (χ4n) is 3.38. The van der Waals surface area contributed by atoms with Crippen molar-refractivity contribution in [3.63, 3.8) is 0 Å². The molecule has 4 aromatic rings. The zero-order valence-electron chi connectivity index (χ0n) is 19.9. The molecule has 0 amide bonds. The number of aromatic nitrogens is 1. The maximum Gasteiger partial charge on any atom is 0.416 e. The van der Waals surface area contributed by atoms with Gasteiger partial charge in [0, 0.05) is 36.2 Å². The first-order valence-electron chi connectivity index (χ1n) is 11.2. The van der Waals surface area contributed by atoms with Gasteiger partial charge in [-0.1, -0.05) is 28.1 Å². The van der Waals surface area contributed by atoms with Gasteiger partial charge in [0.15, 0.2) is 6.61 Å². The number of nitrogens with zero attached hydrogens (tertiary/aromatic N) is 1. The highest BCUT2D eigenvalue weighted by molar-refractivity contribution is 9.10. The van der Waals surface area contributed by atoms with Crippen molar-refractivity contribution in [1.29, 1.82) is 0 Å². The van der Waals surface area contributed by atoms with Crippen molar-refractivity contribution in [2.24, 2.45) is 0 Å². The maximum absolute atomic E-state index is 13.0. The molecule has 0 radical (unpaired) electrons. The Morgan fingerprint density at radius 1 is 1.00 bits per heavy atom. The summed E-state index contributed by atoms with van der Waals surface area (Å²) in [6.45, 7) is 1.46. The average molecular weight is 641 g/mol. The number of halogens is 4. The molecule has 0 saturated carbocycles. The number of thioether (sulfide) groups is 2. The van der Waals surface area contributed by atoms with E-state index in [4.69, 9.17) is 14.8 Å². The second-order valence-corrected chi connectivity index (χ2v) is 12.2. The van der Waals surface area contributed by atoms with Gasteiger partial charge in [0.1, 0.15) is 10.8 Å². The van der Waals surface area contributed by atoms with Gasteiger partial charge in [-0.2, -0.15) is 13.2 Å². The molecule has 11 heteroatoms. The molecular formula is C27H21BrF3NO3S3. The SMILES string of the molecule is Cc1cc(SCc2sc(-c3ccc(C(F)(F)F)cc3)nc2CSc2ccc(Br)cc2)ccc1OCC(=O)O. The number of hydrogen-bond acceptors (Lipinski definition) is 6. The maximum atomic E-state index is 13.0. The van der Waals surface area contributed by atoms with Crippen molar-refractivity contribution in [1.82, 2.24) is 4.98 Å². The van der Waals surface area contributed by atoms with Gasteiger partial charge in [-0.3, -0.25) is 0 Å². The van der Waals surface area contributed by atoms with Crippen LogP contribution in [0.3, 0.4) is 0 Å². The van der Waals surface area contributed by atoms with Crippen molar-refractivity contribution < 1.29 is 27.8 Å². The Morgan fingerprint density at radius 3 is 2.29 bits per heavy atom. The average Bonchev–Trinajstić information content (AvgIpc) is 3.29. The number of aliphatic carboxylic acids is 1. The van der Waals surface area contributed by atoms with Crippen LogP contribution in [-0.2, 0) is 22.5 Å². The normalized spacial score (nSPS) is 11.5. The van der Waals surface area contributed by atoms with Gasteiger partial charge in [0.05, 0.1) is 11.3 Å². The minimum atomic E-state index is -4.39. The summed E-state index contributed by atoms with van der Waals surface area (Å²) < 4.78 is 45.3. The Kier molecular flexibility index (Phi) is 9.45. The second kappa shape index (κ2) is 12.6. The van der Waals surface area contributed by atoms with Gasteiger partial charge < -0.3 is 9.84 Å². The summed E-state index contributed by atoms with van der Waals surface area (Å²) in [7, 11) is 0. The number of hydrogen-bond donors (Lipinski definition) is 1. The van der Waals surface area contributed by atoms with E-state index in [2.05, 4.69) is 15.9 Å². The topological polar surface area (TPSA) is 59.4 Å². The molecule has 0 aliphatic rings. The molecule has 4 rings (SSSR count). The zero-order valence-corrected chi connectivity index (χ0v) is 24.0. The number of thiazole rings is 1. The minimum absolute atomic E-state index is 0.402. The van der Waals surface area contributed by atoms with Gasteiger partial charge in [0.2, 0.25) is 0 Å². The van der Waals surface area contributed by atoms with Crippen LogP contribution in [0, 0.1) is 6.92 Å². The Bertz CT molecular complexity index is 1410. The lowest BCUT2D eigenvalue weighted by Crippen LogP contribution is -2.09. The molecule has 4 nitrogen and oxygen atoms in total. The predicted molar refractivity (Wildman–Crippen MR) is 150 cm³/mol. The Labute approximate surface area is 238 Å². The number of alkyl halides is 3. The van der Waals surface area contributed by atoms with Gasteiger partial charge in [-0.25, -0.2) is 9.78 Å². The van der Waals surface area contributed by atoms with Crippen LogP contribution in [0.5, 0.6) is 5.75 Å². The number of carboxylic acid groups (broad SMARTS) is 1. The first-order chi connectivity index (χ1) is 18.1. The molecule has 0 spiro atoms. The molecular weight excluding hydrogens is 619 g/mol. The van der Waals surface area contributed by atoms with Crippen molar-refractivity contribution in [2.75, 3.05) is 6.61 Å². The zero-order chi connectivity index (χ0) is 27.3. The third kappa shape index (κ3) is 7.78. The Hall–Kier alpha value is -2.47. The van der Waals surface area contributed by atoms with Crippen LogP contribution in [0.15, 0.2) is 81.0 Å². The Balaban J connectivity index is 1.54. The molecule has 1 N–H and O–H groups in total. The predicted octanol–water partition coefficient (Wildman–Crippen LogP) is 8.95. The summed E-state index contributed by atoms with van der Waals surface area (Å²) in [5.41, 5.74) is 1.68. The lowest BCUT2D eigenvalue weighted by Gasteiger charge is -2.09. The van der Waals surface area contributed by atoms with E-state index in [0.29, 0.717) is 27.8 Å². The first kappa shape index (κ1) is 28.5. The highest BCUT2D eigenvalue weighted by Gasteiger charge is 2.30. The van der Waals surface area contributed by atoms with Gasteiger partial charge in [-0.15, -0.1) is 34.9 Å². The van der Waals surface area contributed by atoms with E-state index in [1.807, 2.05) is 43.3 Å². The van der Waals surface area contributed by atoms with Crippen LogP contribution in [0.2, 0.25) is 0 Å². The smallest absolute Gasteiger partial charge is 0.416 e. The molecule has 0 unspecified atom stereocenters. The molecule has 0 atom stereocenters. The van der Waals surface area contributed by atoms with Crippen LogP contribution < -0.4 is 4.74 Å². The molecule has 1 heterocycles. The molecule has 0 bridgehead atoms. The van der Waals surface area contributed by atoms with E-state index >= 15 is 0 Å². The second-order valence-electron chi connectivity index (χ2n) is 8.10. The number of ether oxygens (including phenoxy) is 1. The number of carboxylic acids is 1. The highest BCUT2D eigenvalue weighted by Crippen LogP contribution is 2.38. The lowest BCUT2D eigenvalue weighted by molar-refractivity contribution is -0.139. The summed E-state index contributed by atoms with van der Waals surface area (Å²) in [6, 6.07) is 18.6. The fraction of sp³-hybridized carbons (Fsp3) is 0.185. The summed E-state index contributed by atoms with van der Waals surface area (Å²) in [5.74, 6) is 0.732. The summed E-state index contributed by atoms with van der Waals surface area (Å²) >= 11 is 8.17. The number of carbonyl (C=O) groups is 1. The minimum Gasteiger partial charge on any atom is -0.482 e. The summed E-state index contributed by atoms with van der Waals surface area (Å²) in [5, 5.41) is 9.51. The van der Waals surface area contributed by atoms with Gasteiger partial charge >= 0.3 is 12.1 Å². The van der Waals surface area contributed by atoms with E-state index < -0.39 is 24.3 Å². The molecule has 0 aliphatic heterocycles. The van der Waals surface area contributed by atoms with E-state index in [9.17, 15) is 18.0 Å². The van der Waals surface area contributed by atoms with Crippen molar-refractivity contribution in [3.05, 3.63) is 92.9 Å². The van der Waals surface area contributed by atoms with Crippen LogP contribution in [0.1, 0.15) is 21.7 Å². The standard InChI is InChI=1S/C27H21BrF3NO3S3/c1-16-12-21(10-11-23(16)35-13-25(33)34)37-15-24-22(14-36-20-8-6-19(28)7-9-20)32-26(38-24)17-2-4-18(5-3-17)27(29,30)31/h2-12H,13-15H2,1H3,(H,33,34). The van der Waals surface area contributed by atoms with Gasteiger partial charge in [-0.05, 0) is 67.1 Å². The van der Waals surface area contributed by atoms with Crippen molar-refractivity contribution in [2.45, 2.75) is 34.4 Å². The summed E-state index contributed by atoms with van der Waals surface area (Å²) in [6.07, 6.45) is -4.39. The molecule has 3 aromatic carbocycles. The molecule has 0 saturated heterocycles. The molecule has 1 aromatic heterocycles. The molecule has 38 heavy (non-hydrogen) atoms. The molecule has 0 fully saturated rings. The van der Waals surface area contributed by atoms with Crippen LogP contribution in [0.25, 0.3) is 10.6 Å². The van der Waals surface area contributed by atoms with Crippen LogP contribution >= 0.6 is 50.8 Å². The molecule has 0 aliphatic carbocycles. The first-order valence-corrected chi connectivity index (χ1v) is 14.8. The fourth-order valence-corrected chi connectivity index (χ4v) is 6.79. The van der Waals surface area contributed by atoms with Crippen LogP contribution in [-0.4, -0.2) is 22.7 Å². The highest BCUT2D eigenvalue weighted by atomic mass is 79.9. The quantitative estimate of drug-likeness (QED) is 0.175.